The number of sulfonamides is 1. The number of imidazole rings is 1. The van der Waals surface area contributed by atoms with Crippen molar-refractivity contribution >= 4 is 32.9 Å². The molecule has 150 valence electrons. The minimum absolute atomic E-state index is 0.0742. The fourth-order valence-electron chi connectivity index (χ4n) is 3.55. The smallest absolute Gasteiger partial charge is 0.242 e. The van der Waals surface area contributed by atoms with E-state index in [4.69, 9.17) is 0 Å². The molecule has 0 radical (unpaired) electrons. The summed E-state index contributed by atoms with van der Waals surface area (Å²) in [4.78, 5) is 31.0. The highest BCUT2D eigenvalue weighted by atomic mass is 32.2. The van der Waals surface area contributed by atoms with Crippen molar-refractivity contribution < 1.29 is 18.0 Å². The molecule has 1 aromatic heterocycles. The molecule has 0 spiro atoms. The van der Waals surface area contributed by atoms with Crippen LogP contribution < -0.4 is 10.0 Å². The number of para-hydroxylation sites is 2. The van der Waals surface area contributed by atoms with Crippen LogP contribution in [-0.4, -0.2) is 30.2 Å². The molecule has 3 N–H and O–H groups in total. The molecule has 2 amide bonds. The molecule has 0 saturated carbocycles. The number of aromatic amines is 1. The Morgan fingerprint density at radius 1 is 1.21 bits per heavy atom. The van der Waals surface area contributed by atoms with Crippen molar-refractivity contribution in [3.63, 3.8) is 0 Å². The van der Waals surface area contributed by atoms with E-state index in [1.165, 1.54) is 6.92 Å². The van der Waals surface area contributed by atoms with Gasteiger partial charge in [-0.2, -0.15) is 0 Å². The average Bonchev–Trinajstić information content (AvgIpc) is 3.21. The molecule has 29 heavy (non-hydrogen) atoms. The molecule has 2 heterocycles. The normalized spacial score (nSPS) is 19.1. The van der Waals surface area contributed by atoms with Gasteiger partial charge in [-0.1, -0.05) is 36.4 Å². The highest BCUT2D eigenvalue weighted by Crippen LogP contribution is 2.30. The Bertz CT molecular complexity index is 1150. The van der Waals surface area contributed by atoms with Crippen LogP contribution in [-0.2, 0) is 26.0 Å². The second-order valence-corrected chi connectivity index (χ2v) is 8.96. The summed E-state index contributed by atoms with van der Waals surface area (Å²) in [6.45, 7) is 1.45. The minimum Gasteiger partial charge on any atom is -0.346 e. The number of benzene rings is 2. The quantitative estimate of drug-likeness (QED) is 0.591. The predicted octanol–water partition coefficient (Wildman–Crippen LogP) is 1.87. The number of H-pyrrole nitrogens is 1. The monoisotopic (exact) mass is 412 g/mol. The van der Waals surface area contributed by atoms with E-state index >= 15 is 0 Å². The lowest BCUT2D eigenvalue weighted by Gasteiger charge is -2.16. The van der Waals surface area contributed by atoms with Crippen LogP contribution in [0.5, 0.6) is 0 Å². The van der Waals surface area contributed by atoms with Crippen LogP contribution in [0.1, 0.15) is 41.6 Å². The number of hydrogen-bond donors (Lipinski definition) is 3. The molecular weight excluding hydrogens is 392 g/mol. The molecule has 2 aromatic carbocycles. The van der Waals surface area contributed by atoms with Gasteiger partial charge in [-0.25, -0.2) is 13.4 Å². The zero-order chi connectivity index (χ0) is 20.6. The Morgan fingerprint density at radius 2 is 1.93 bits per heavy atom. The Balaban J connectivity index is 1.58. The molecule has 0 bridgehead atoms. The number of carbonyl (C=O) groups excluding carboxylic acids is 2. The number of fused-ring (bicyclic) bond motifs is 1. The first-order chi connectivity index (χ1) is 13.8. The molecule has 3 aromatic rings. The summed E-state index contributed by atoms with van der Waals surface area (Å²) >= 11 is 0. The molecule has 1 unspecified atom stereocenters. The van der Waals surface area contributed by atoms with E-state index in [1.54, 1.807) is 12.1 Å². The van der Waals surface area contributed by atoms with E-state index < -0.39 is 21.2 Å². The lowest BCUT2D eigenvalue weighted by Crippen LogP contribution is -2.28. The predicted molar refractivity (Wildman–Crippen MR) is 107 cm³/mol. The Kier molecular flexibility index (Phi) is 4.83. The summed E-state index contributed by atoms with van der Waals surface area (Å²) in [7, 11) is -3.67. The zero-order valence-electron chi connectivity index (χ0n) is 15.7. The first-order valence-electron chi connectivity index (χ1n) is 9.17. The van der Waals surface area contributed by atoms with E-state index in [-0.39, 0.29) is 18.4 Å². The number of rotatable bonds is 5. The largest absolute Gasteiger partial charge is 0.346 e. The number of nitrogens with one attached hydrogen (secondary N) is 3. The van der Waals surface area contributed by atoms with E-state index in [1.807, 2.05) is 41.1 Å². The molecule has 9 heteroatoms. The van der Waals surface area contributed by atoms with E-state index in [2.05, 4.69) is 15.3 Å². The van der Waals surface area contributed by atoms with Crippen LogP contribution in [0.15, 0.2) is 48.5 Å². The zero-order valence-corrected chi connectivity index (χ0v) is 16.5. The molecule has 0 aliphatic carbocycles. The van der Waals surface area contributed by atoms with Gasteiger partial charge in [-0.3, -0.25) is 14.3 Å². The van der Waals surface area contributed by atoms with Crippen molar-refractivity contribution in [1.29, 1.82) is 0 Å². The SMILES string of the molecule is CC(=O)N[C@@H](Cc1ccc(C2CC(=O)NS2(=O)=O)cc1)c1nc2ccccc2[nH]1. The van der Waals surface area contributed by atoms with Crippen molar-refractivity contribution in [2.75, 3.05) is 0 Å². The summed E-state index contributed by atoms with van der Waals surface area (Å²) in [5.41, 5.74) is 3.17. The summed E-state index contributed by atoms with van der Waals surface area (Å²) in [6, 6.07) is 14.3. The third-order valence-corrected chi connectivity index (χ3v) is 6.61. The van der Waals surface area contributed by atoms with Crippen molar-refractivity contribution in [2.24, 2.45) is 0 Å². The summed E-state index contributed by atoms with van der Waals surface area (Å²) in [6.07, 6.45) is 0.406. The number of aromatic nitrogens is 2. The molecule has 1 saturated heterocycles. The van der Waals surface area contributed by atoms with Gasteiger partial charge in [0.25, 0.3) is 0 Å². The number of amides is 2. The van der Waals surface area contributed by atoms with Gasteiger partial charge in [0.1, 0.15) is 11.1 Å². The van der Waals surface area contributed by atoms with Crippen LogP contribution in [0.25, 0.3) is 11.0 Å². The fraction of sp³-hybridized carbons (Fsp3) is 0.250. The molecule has 1 aliphatic heterocycles. The second-order valence-electron chi connectivity index (χ2n) is 7.10. The van der Waals surface area contributed by atoms with Crippen molar-refractivity contribution in [3.05, 3.63) is 65.5 Å². The van der Waals surface area contributed by atoms with E-state index in [9.17, 15) is 18.0 Å². The van der Waals surface area contributed by atoms with Gasteiger partial charge in [0.15, 0.2) is 0 Å². The van der Waals surface area contributed by atoms with Crippen LogP contribution in [0, 0.1) is 0 Å². The fourth-order valence-corrected chi connectivity index (χ4v) is 4.98. The summed E-state index contributed by atoms with van der Waals surface area (Å²) in [5, 5.41) is 2.04. The molecule has 1 fully saturated rings. The standard InChI is InChI=1S/C20H20N4O4S/c1-12(25)21-17(20-22-15-4-2-3-5-16(15)23-20)10-13-6-8-14(9-7-13)18-11-19(26)24-29(18,27)28/h2-9,17-18H,10-11H2,1H3,(H,21,25)(H,22,23)(H,24,26)/t17-,18?/m0/s1. The second kappa shape index (κ2) is 7.32. The minimum atomic E-state index is -3.67. The number of nitrogens with zero attached hydrogens (tertiary/aromatic N) is 1. The van der Waals surface area contributed by atoms with Gasteiger partial charge in [-0.05, 0) is 29.7 Å². The summed E-state index contributed by atoms with van der Waals surface area (Å²) in [5.74, 6) is -0.0120. The van der Waals surface area contributed by atoms with Crippen molar-refractivity contribution in [3.8, 4) is 0 Å². The van der Waals surface area contributed by atoms with Gasteiger partial charge >= 0.3 is 0 Å². The van der Waals surface area contributed by atoms with Crippen molar-refractivity contribution in [1.82, 2.24) is 20.0 Å². The van der Waals surface area contributed by atoms with Crippen LogP contribution >= 0.6 is 0 Å². The maximum Gasteiger partial charge on any atom is 0.242 e. The highest BCUT2D eigenvalue weighted by Gasteiger charge is 2.37. The lowest BCUT2D eigenvalue weighted by molar-refractivity contribution is -0.120. The average molecular weight is 412 g/mol. The van der Waals surface area contributed by atoms with Crippen LogP contribution in [0.4, 0.5) is 0 Å². The first kappa shape index (κ1) is 19.1. The topological polar surface area (TPSA) is 121 Å². The maximum atomic E-state index is 12.0. The first-order valence-corrected chi connectivity index (χ1v) is 10.7. The molecule has 8 nitrogen and oxygen atoms in total. The molecule has 2 atom stereocenters. The number of hydrogen-bond acceptors (Lipinski definition) is 5. The van der Waals surface area contributed by atoms with E-state index in [0.29, 0.717) is 17.8 Å². The third-order valence-electron chi connectivity index (χ3n) is 4.91. The van der Waals surface area contributed by atoms with Gasteiger partial charge in [0.2, 0.25) is 21.8 Å². The van der Waals surface area contributed by atoms with Crippen LogP contribution in [0.2, 0.25) is 0 Å². The van der Waals surface area contributed by atoms with E-state index in [0.717, 1.165) is 16.6 Å². The van der Waals surface area contributed by atoms with Gasteiger partial charge in [0, 0.05) is 6.92 Å². The third kappa shape index (κ3) is 4.00. The Hall–Kier alpha value is -3.20. The van der Waals surface area contributed by atoms with Gasteiger partial charge < -0.3 is 10.3 Å². The van der Waals surface area contributed by atoms with Gasteiger partial charge in [-0.15, -0.1) is 0 Å². The maximum absolute atomic E-state index is 12.0. The van der Waals surface area contributed by atoms with Crippen LogP contribution in [0.3, 0.4) is 0 Å². The molecular formula is C20H20N4O4S. The lowest BCUT2D eigenvalue weighted by atomic mass is 10.0. The summed E-state index contributed by atoms with van der Waals surface area (Å²) < 4.78 is 26.1. The molecule has 1 aliphatic rings. The highest BCUT2D eigenvalue weighted by molar-refractivity contribution is 7.90. The number of carbonyl (C=O) groups is 2. The molecule has 4 rings (SSSR count). The van der Waals surface area contributed by atoms with Crippen molar-refractivity contribution in [2.45, 2.75) is 31.1 Å². The Labute approximate surface area is 167 Å². The van der Waals surface area contributed by atoms with Gasteiger partial charge in [0.05, 0.1) is 23.5 Å². The Morgan fingerprint density at radius 3 is 2.55 bits per heavy atom.